The van der Waals surface area contributed by atoms with E-state index < -0.39 is 5.97 Å². The zero-order chi connectivity index (χ0) is 9.68. The monoisotopic (exact) mass is 178 g/mol. The van der Waals surface area contributed by atoms with E-state index in [2.05, 4.69) is 11.6 Å². The van der Waals surface area contributed by atoms with Gasteiger partial charge in [-0.05, 0) is 12.1 Å². The third kappa shape index (κ3) is 2.59. The molecule has 1 heterocycles. The predicted molar refractivity (Wildman–Crippen MR) is 49.1 cm³/mol. The minimum absolute atomic E-state index is 0.176. The molecule has 0 aliphatic rings. The van der Waals surface area contributed by atoms with Crippen LogP contribution < -0.4 is 5.73 Å². The van der Waals surface area contributed by atoms with E-state index in [1.807, 2.05) is 0 Å². The van der Waals surface area contributed by atoms with Crippen molar-refractivity contribution < 1.29 is 9.53 Å². The summed E-state index contributed by atoms with van der Waals surface area (Å²) < 4.78 is 4.76. The largest absolute Gasteiger partial charge is 0.457 e. The number of hydrogen-bond acceptors (Lipinski definition) is 4. The minimum Gasteiger partial charge on any atom is -0.457 e. The lowest BCUT2D eigenvalue weighted by molar-refractivity contribution is 0.0543. The van der Waals surface area contributed by atoms with E-state index in [1.54, 1.807) is 18.2 Å². The van der Waals surface area contributed by atoms with E-state index in [4.69, 9.17) is 10.5 Å². The molecular weight excluding hydrogens is 168 g/mol. The lowest BCUT2D eigenvalue weighted by Gasteiger charge is -2.00. The summed E-state index contributed by atoms with van der Waals surface area (Å²) in [5, 5.41) is 0. The molecule has 1 aromatic rings. The number of nitrogens with two attached hydrogens (primary N) is 1. The standard InChI is InChI=1S/C9H10N2O2/c1-2-6-13-9(12)7-4-3-5-8(10)11-7/h2-5H,1,6H2,(H2,10,11). The summed E-state index contributed by atoms with van der Waals surface area (Å²) in [4.78, 5) is 15.0. The Morgan fingerprint density at radius 3 is 3.08 bits per heavy atom. The van der Waals surface area contributed by atoms with Gasteiger partial charge in [0.25, 0.3) is 0 Å². The molecule has 0 bridgehead atoms. The predicted octanol–water partition coefficient (Wildman–Crippen LogP) is 1.01. The summed E-state index contributed by atoms with van der Waals surface area (Å²) in [7, 11) is 0. The van der Waals surface area contributed by atoms with Crippen LogP contribution in [-0.2, 0) is 4.74 Å². The first-order valence-corrected chi connectivity index (χ1v) is 3.74. The van der Waals surface area contributed by atoms with E-state index in [1.165, 1.54) is 6.08 Å². The van der Waals surface area contributed by atoms with Gasteiger partial charge in [0.15, 0.2) is 5.69 Å². The van der Waals surface area contributed by atoms with Gasteiger partial charge in [0.2, 0.25) is 0 Å². The molecule has 0 spiro atoms. The summed E-state index contributed by atoms with van der Waals surface area (Å²) >= 11 is 0. The van der Waals surface area contributed by atoms with Gasteiger partial charge in [-0.25, -0.2) is 9.78 Å². The fourth-order valence-electron chi connectivity index (χ4n) is 0.774. The Balaban J connectivity index is 2.71. The number of nitrogens with zero attached hydrogens (tertiary/aromatic N) is 1. The first-order valence-electron chi connectivity index (χ1n) is 3.74. The lowest BCUT2D eigenvalue weighted by atomic mass is 10.3. The van der Waals surface area contributed by atoms with Crippen molar-refractivity contribution in [3.05, 3.63) is 36.5 Å². The van der Waals surface area contributed by atoms with E-state index in [-0.39, 0.29) is 12.3 Å². The third-order valence-corrected chi connectivity index (χ3v) is 1.31. The molecule has 0 amide bonds. The van der Waals surface area contributed by atoms with Crippen LogP contribution in [0.1, 0.15) is 10.5 Å². The Morgan fingerprint density at radius 2 is 2.46 bits per heavy atom. The van der Waals surface area contributed by atoms with E-state index in [9.17, 15) is 4.79 Å². The van der Waals surface area contributed by atoms with Crippen LogP contribution in [-0.4, -0.2) is 17.6 Å². The number of rotatable bonds is 3. The molecule has 0 saturated heterocycles. The number of hydrogen-bond donors (Lipinski definition) is 1. The number of anilines is 1. The molecule has 0 aromatic carbocycles. The fraction of sp³-hybridized carbons (Fsp3) is 0.111. The van der Waals surface area contributed by atoms with Crippen LogP contribution in [0.4, 0.5) is 5.82 Å². The number of carbonyl (C=O) groups is 1. The third-order valence-electron chi connectivity index (χ3n) is 1.31. The molecule has 68 valence electrons. The van der Waals surface area contributed by atoms with Crippen molar-refractivity contribution in [1.29, 1.82) is 0 Å². The zero-order valence-electron chi connectivity index (χ0n) is 7.06. The number of nitrogen functional groups attached to an aromatic ring is 1. The topological polar surface area (TPSA) is 65.2 Å². The molecule has 2 N–H and O–H groups in total. The van der Waals surface area contributed by atoms with Crippen LogP contribution in [0.5, 0.6) is 0 Å². The van der Waals surface area contributed by atoms with Gasteiger partial charge < -0.3 is 10.5 Å². The Labute approximate surface area is 76.0 Å². The van der Waals surface area contributed by atoms with Crippen LogP contribution in [0.15, 0.2) is 30.9 Å². The normalized spacial score (nSPS) is 9.23. The maximum atomic E-state index is 11.2. The van der Waals surface area contributed by atoms with Crippen LogP contribution in [0, 0.1) is 0 Å². The Morgan fingerprint density at radius 1 is 1.69 bits per heavy atom. The van der Waals surface area contributed by atoms with Crippen molar-refractivity contribution in [1.82, 2.24) is 4.98 Å². The molecule has 0 saturated carbocycles. The molecule has 4 nitrogen and oxygen atoms in total. The van der Waals surface area contributed by atoms with Crippen molar-refractivity contribution in [3.8, 4) is 0 Å². The van der Waals surface area contributed by atoms with Crippen molar-refractivity contribution in [2.24, 2.45) is 0 Å². The van der Waals surface area contributed by atoms with Gasteiger partial charge in [-0.1, -0.05) is 18.7 Å². The van der Waals surface area contributed by atoms with Crippen LogP contribution in [0.3, 0.4) is 0 Å². The molecule has 13 heavy (non-hydrogen) atoms. The molecule has 0 aliphatic carbocycles. The smallest absolute Gasteiger partial charge is 0.357 e. The lowest BCUT2D eigenvalue weighted by Crippen LogP contribution is -2.08. The summed E-state index contributed by atoms with van der Waals surface area (Å²) in [6.45, 7) is 3.60. The number of ether oxygens (including phenoxy) is 1. The van der Waals surface area contributed by atoms with Gasteiger partial charge in [0.05, 0.1) is 0 Å². The zero-order valence-corrected chi connectivity index (χ0v) is 7.06. The molecule has 4 heteroatoms. The molecule has 1 aromatic heterocycles. The maximum Gasteiger partial charge on any atom is 0.357 e. The Bertz CT molecular complexity index is 323. The van der Waals surface area contributed by atoms with Crippen molar-refractivity contribution in [3.63, 3.8) is 0 Å². The molecular formula is C9H10N2O2. The van der Waals surface area contributed by atoms with Crippen molar-refractivity contribution in [2.45, 2.75) is 0 Å². The molecule has 0 atom stereocenters. The molecule has 0 unspecified atom stereocenters. The number of esters is 1. The summed E-state index contributed by atoms with van der Waals surface area (Å²) in [6, 6.07) is 4.79. The highest BCUT2D eigenvalue weighted by atomic mass is 16.5. The molecule has 0 aliphatic heterocycles. The van der Waals surface area contributed by atoms with Crippen LogP contribution in [0.2, 0.25) is 0 Å². The highest BCUT2D eigenvalue weighted by Crippen LogP contribution is 2.01. The quantitative estimate of drug-likeness (QED) is 0.554. The highest BCUT2D eigenvalue weighted by Gasteiger charge is 2.06. The van der Waals surface area contributed by atoms with Crippen molar-refractivity contribution in [2.75, 3.05) is 12.3 Å². The summed E-state index contributed by atoms with van der Waals surface area (Å²) in [6.07, 6.45) is 1.49. The molecule has 0 fully saturated rings. The fourth-order valence-corrected chi connectivity index (χ4v) is 0.774. The SMILES string of the molecule is C=CCOC(=O)c1cccc(N)n1. The first-order chi connectivity index (χ1) is 6.24. The van der Waals surface area contributed by atoms with Gasteiger partial charge >= 0.3 is 5.97 Å². The minimum atomic E-state index is -0.493. The Hall–Kier alpha value is -1.84. The van der Waals surface area contributed by atoms with Crippen LogP contribution >= 0.6 is 0 Å². The highest BCUT2D eigenvalue weighted by molar-refractivity contribution is 5.87. The maximum absolute atomic E-state index is 11.2. The van der Waals surface area contributed by atoms with E-state index in [0.717, 1.165) is 0 Å². The van der Waals surface area contributed by atoms with Gasteiger partial charge in [-0.2, -0.15) is 0 Å². The number of aromatic nitrogens is 1. The van der Waals surface area contributed by atoms with Gasteiger partial charge in [0.1, 0.15) is 12.4 Å². The average molecular weight is 178 g/mol. The van der Waals surface area contributed by atoms with Crippen LogP contribution in [0.25, 0.3) is 0 Å². The summed E-state index contributed by atoms with van der Waals surface area (Å²) in [5.41, 5.74) is 5.60. The second-order valence-electron chi connectivity index (χ2n) is 2.33. The van der Waals surface area contributed by atoms with Crippen molar-refractivity contribution >= 4 is 11.8 Å². The average Bonchev–Trinajstić information content (AvgIpc) is 2.14. The number of pyridine rings is 1. The van der Waals surface area contributed by atoms with E-state index >= 15 is 0 Å². The second-order valence-corrected chi connectivity index (χ2v) is 2.33. The van der Waals surface area contributed by atoms with Gasteiger partial charge in [-0.15, -0.1) is 0 Å². The molecule has 1 rings (SSSR count). The summed E-state index contributed by atoms with van der Waals surface area (Å²) in [5.74, 6) is -0.194. The van der Waals surface area contributed by atoms with Gasteiger partial charge in [0, 0.05) is 0 Å². The number of carbonyl (C=O) groups excluding carboxylic acids is 1. The molecule has 0 radical (unpaired) electrons. The van der Waals surface area contributed by atoms with E-state index in [0.29, 0.717) is 5.82 Å². The first kappa shape index (κ1) is 9.25. The Kier molecular flexibility index (Phi) is 3.03. The second kappa shape index (κ2) is 4.25. The van der Waals surface area contributed by atoms with Gasteiger partial charge in [-0.3, -0.25) is 0 Å².